The van der Waals surface area contributed by atoms with Crippen molar-refractivity contribution >= 4 is 5.91 Å². The second-order valence-corrected chi connectivity index (χ2v) is 9.36. The standard InChI is InChI=1S/C23H33NO4/c1-22(2)16-13-18-20(15-5-7-17(27-4)8-6-15)28-12-10-23(18,14-16)21(22)24-19(25)9-11-26-3/h5-8,16,18,20-21H,9-14H2,1-4H3,(H,24,25)/t16-,18-,20-,21-,23-/m1/s1. The third-order valence-corrected chi connectivity index (χ3v) is 7.79. The number of benzene rings is 1. The molecule has 1 aromatic rings. The molecule has 3 aliphatic rings. The Morgan fingerprint density at radius 2 is 2.00 bits per heavy atom. The van der Waals surface area contributed by atoms with E-state index in [1.165, 1.54) is 18.4 Å². The molecule has 1 aliphatic heterocycles. The van der Waals surface area contributed by atoms with Gasteiger partial charge in [0, 0.05) is 26.2 Å². The fourth-order valence-electron chi connectivity index (χ4n) is 6.34. The molecule has 2 aliphatic carbocycles. The van der Waals surface area contributed by atoms with E-state index < -0.39 is 0 Å². The van der Waals surface area contributed by atoms with Gasteiger partial charge in [-0.05, 0) is 59.6 Å². The number of methoxy groups -OCH3 is 2. The Hall–Kier alpha value is -1.59. The van der Waals surface area contributed by atoms with Crippen molar-refractivity contribution < 1.29 is 19.0 Å². The number of fused-ring (bicyclic) bond motifs is 1. The third kappa shape index (κ3) is 3.03. The van der Waals surface area contributed by atoms with Crippen molar-refractivity contribution in [1.82, 2.24) is 5.32 Å². The van der Waals surface area contributed by atoms with Crippen molar-refractivity contribution in [3.8, 4) is 5.75 Å². The highest BCUT2D eigenvalue weighted by molar-refractivity contribution is 5.76. The fourth-order valence-corrected chi connectivity index (χ4v) is 6.34. The lowest BCUT2D eigenvalue weighted by atomic mass is 9.59. The molecular weight excluding hydrogens is 354 g/mol. The summed E-state index contributed by atoms with van der Waals surface area (Å²) in [6, 6.07) is 8.48. The van der Waals surface area contributed by atoms with E-state index >= 15 is 0 Å². The molecule has 1 N–H and O–H groups in total. The zero-order valence-corrected chi connectivity index (χ0v) is 17.5. The van der Waals surface area contributed by atoms with Gasteiger partial charge in [-0.1, -0.05) is 26.0 Å². The quantitative estimate of drug-likeness (QED) is 0.808. The van der Waals surface area contributed by atoms with Gasteiger partial charge in [-0.25, -0.2) is 0 Å². The van der Waals surface area contributed by atoms with E-state index in [-0.39, 0.29) is 28.9 Å². The predicted octanol–water partition coefficient (Wildman–Crippen LogP) is 3.73. The van der Waals surface area contributed by atoms with Gasteiger partial charge in [0.25, 0.3) is 0 Å². The van der Waals surface area contributed by atoms with Crippen LogP contribution in [0.3, 0.4) is 0 Å². The number of hydrogen-bond donors (Lipinski definition) is 1. The monoisotopic (exact) mass is 387 g/mol. The van der Waals surface area contributed by atoms with Gasteiger partial charge in [0.05, 0.1) is 19.8 Å². The zero-order valence-electron chi connectivity index (χ0n) is 17.5. The van der Waals surface area contributed by atoms with Crippen LogP contribution in [-0.4, -0.2) is 39.4 Å². The molecule has 1 spiro atoms. The molecule has 5 atom stereocenters. The Kier molecular flexibility index (Phi) is 5.17. The molecule has 1 saturated heterocycles. The molecule has 154 valence electrons. The van der Waals surface area contributed by atoms with Gasteiger partial charge in [0.2, 0.25) is 5.91 Å². The molecule has 5 heteroatoms. The summed E-state index contributed by atoms with van der Waals surface area (Å²) in [5.41, 5.74) is 1.46. The predicted molar refractivity (Wildman–Crippen MR) is 107 cm³/mol. The van der Waals surface area contributed by atoms with E-state index in [2.05, 4.69) is 31.3 Å². The summed E-state index contributed by atoms with van der Waals surface area (Å²) in [7, 11) is 3.33. The molecule has 1 amide bonds. The summed E-state index contributed by atoms with van der Waals surface area (Å²) >= 11 is 0. The van der Waals surface area contributed by atoms with Gasteiger partial charge >= 0.3 is 0 Å². The minimum absolute atomic E-state index is 0.0964. The molecule has 2 bridgehead atoms. The fraction of sp³-hybridized carbons (Fsp3) is 0.696. The second kappa shape index (κ2) is 7.34. The minimum atomic E-state index is 0.0964. The molecule has 2 saturated carbocycles. The largest absolute Gasteiger partial charge is 0.497 e. The van der Waals surface area contributed by atoms with Crippen molar-refractivity contribution in [2.75, 3.05) is 27.4 Å². The van der Waals surface area contributed by atoms with Crippen LogP contribution >= 0.6 is 0 Å². The Labute approximate surface area is 168 Å². The lowest BCUT2D eigenvalue weighted by Gasteiger charge is -2.53. The van der Waals surface area contributed by atoms with Crippen LogP contribution in [0.15, 0.2) is 24.3 Å². The number of hydrogen-bond acceptors (Lipinski definition) is 4. The topological polar surface area (TPSA) is 56.8 Å². The van der Waals surface area contributed by atoms with Crippen molar-refractivity contribution in [3.05, 3.63) is 29.8 Å². The Balaban J connectivity index is 1.60. The lowest BCUT2D eigenvalue weighted by molar-refractivity contribution is -0.137. The number of carbonyl (C=O) groups excluding carboxylic acids is 1. The van der Waals surface area contributed by atoms with Crippen molar-refractivity contribution in [3.63, 3.8) is 0 Å². The Morgan fingerprint density at radius 1 is 1.25 bits per heavy atom. The van der Waals surface area contributed by atoms with Gasteiger partial charge in [0.15, 0.2) is 0 Å². The van der Waals surface area contributed by atoms with Crippen LogP contribution in [0.4, 0.5) is 0 Å². The maximum absolute atomic E-state index is 12.6. The number of carbonyl (C=O) groups is 1. The molecule has 0 radical (unpaired) electrons. The first kappa shape index (κ1) is 19.7. The van der Waals surface area contributed by atoms with Crippen LogP contribution in [0.2, 0.25) is 0 Å². The number of rotatable bonds is 6. The van der Waals surface area contributed by atoms with E-state index in [1.807, 2.05) is 12.1 Å². The van der Waals surface area contributed by atoms with Crippen molar-refractivity contribution in [1.29, 1.82) is 0 Å². The maximum atomic E-state index is 12.6. The summed E-state index contributed by atoms with van der Waals surface area (Å²) in [6.45, 7) is 5.89. The highest BCUT2D eigenvalue weighted by Crippen LogP contribution is 2.70. The Morgan fingerprint density at radius 3 is 2.68 bits per heavy atom. The minimum Gasteiger partial charge on any atom is -0.497 e. The van der Waals surface area contributed by atoms with E-state index in [1.54, 1.807) is 14.2 Å². The van der Waals surface area contributed by atoms with Gasteiger partial charge in [-0.2, -0.15) is 0 Å². The van der Waals surface area contributed by atoms with Crippen molar-refractivity contribution in [2.45, 2.75) is 51.7 Å². The summed E-state index contributed by atoms with van der Waals surface area (Å²) in [6.07, 6.45) is 3.91. The van der Waals surface area contributed by atoms with Gasteiger partial charge in [0.1, 0.15) is 5.75 Å². The maximum Gasteiger partial charge on any atom is 0.222 e. The van der Waals surface area contributed by atoms with E-state index in [9.17, 15) is 4.79 Å². The number of amides is 1. The van der Waals surface area contributed by atoms with Crippen LogP contribution < -0.4 is 10.1 Å². The van der Waals surface area contributed by atoms with Crippen LogP contribution in [0, 0.1) is 22.7 Å². The van der Waals surface area contributed by atoms with Gasteiger partial charge in [-0.3, -0.25) is 4.79 Å². The van der Waals surface area contributed by atoms with E-state index in [0.717, 1.165) is 18.8 Å². The van der Waals surface area contributed by atoms with Gasteiger partial charge < -0.3 is 19.5 Å². The lowest BCUT2D eigenvalue weighted by Crippen LogP contribution is -2.59. The normalized spacial score (nSPS) is 35.4. The van der Waals surface area contributed by atoms with Crippen LogP contribution in [0.5, 0.6) is 5.75 Å². The molecule has 1 heterocycles. The third-order valence-electron chi connectivity index (χ3n) is 7.79. The summed E-state index contributed by atoms with van der Waals surface area (Å²) in [5.74, 6) is 2.03. The van der Waals surface area contributed by atoms with Gasteiger partial charge in [-0.15, -0.1) is 0 Å². The first-order valence-electron chi connectivity index (χ1n) is 10.5. The van der Waals surface area contributed by atoms with E-state index in [0.29, 0.717) is 24.9 Å². The first-order chi connectivity index (χ1) is 13.4. The molecular formula is C23H33NO4. The average molecular weight is 388 g/mol. The molecule has 0 aromatic heterocycles. The SMILES string of the molecule is COCCC(=O)N[C@@H]1C(C)(C)[C@@H]2C[C@@H]3[C@@H](c4ccc(OC)cc4)OCC[C@@]31C2. The highest BCUT2D eigenvalue weighted by Gasteiger charge is 2.68. The van der Waals surface area contributed by atoms with Crippen LogP contribution in [-0.2, 0) is 14.3 Å². The molecule has 0 unspecified atom stereocenters. The molecule has 1 aromatic carbocycles. The Bertz CT molecular complexity index is 716. The molecule has 5 nitrogen and oxygen atoms in total. The summed E-state index contributed by atoms with van der Waals surface area (Å²) in [5, 5.41) is 3.42. The smallest absolute Gasteiger partial charge is 0.222 e. The van der Waals surface area contributed by atoms with E-state index in [4.69, 9.17) is 14.2 Å². The van der Waals surface area contributed by atoms with Crippen LogP contribution in [0.25, 0.3) is 0 Å². The average Bonchev–Trinajstić information content (AvgIpc) is 3.19. The molecule has 4 rings (SSSR count). The number of nitrogens with one attached hydrogen (secondary N) is 1. The molecule has 28 heavy (non-hydrogen) atoms. The van der Waals surface area contributed by atoms with Crippen LogP contribution in [0.1, 0.15) is 51.2 Å². The number of ether oxygens (including phenoxy) is 3. The highest BCUT2D eigenvalue weighted by atomic mass is 16.5. The summed E-state index contributed by atoms with van der Waals surface area (Å²) in [4.78, 5) is 12.6. The first-order valence-corrected chi connectivity index (χ1v) is 10.5. The zero-order chi connectivity index (χ0) is 19.9. The van der Waals surface area contributed by atoms with Crippen molar-refractivity contribution in [2.24, 2.45) is 22.7 Å². The second-order valence-electron chi connectivity index (χ2n) is 9.36. The molecule has 3 fully saturated rings. The summed E-state index contributed by atoms with van der Waals surface area (Å²) < 4.78 is 16.7.